The molecule has 4 heteroatoms. The predicted molar refractivity (Wildman–Crippen MR) is 111 cm³/mol. The summed E-state index contributed by atoms with van der Waals surface area (Å²) >= 11 is 0. The summed E-state index contributed by atoms with van der Waals surface area (Å²) in [6.45, 7) is 4.26. The van der Waals surface area contributed by atoms with Crippen LogP contribution in [0.4, 0.5) is 5.69 Å². The van der Waals surface area contributed by atoms with Crippen LogP contribution in [0.25, 0.3) is 0 Å². The predicted octanol–water partition coefficient (Wildman–Crippen LogP) is 5.37. The van der Waals surface area contributed by atoms with Crippen molar-refractivity contribution in [3.63, 3.8) is 0 Å². The van der Waals surface area contributed by atoms with E-state index >= 15 is 0 Å². The number of amides is 1. The van der Waals surface area contributed by atoms with E-state index in [1.807, 2.05) is 97.6 Å². The maximum atomic E-state index is 14.1. The third-order valence-electron chi connectivity index (χ3n) is 5.57. The largest absolute Gasteiger partial charge is 0.464 e. The van der Waals surface area contributed by atoms with E-state index in [1.54, 1.807) is 0 Å². The molecule has 1 aliphatic rings. The van der Waals surface area contributed by atoms with Crippen molar-refractivity contribution in [1.82, 2.24) is 0 Å². The molecule has 1 aliphatic heterocycles. The number of nitrogens with zero attached hydrogens (tertiary/aromatic N) is 1. The minimum absolute atomic E-state index is 0.0637. The molecule has 0 fully saturated rings. The first-order valence-corrected chi connectivity index (χ1v) is 9.70. The van der Waals surface area contributed by atoms with Crippen molar-refractivity contribution in [2.45, 2.75) is 25.8 Å². The van der Waals surface area contributed by atoms with Crippen molar-refractivity contribution in [1.29, 1.82) is 0 Å². The van der Waals surface area contributed by atoms with Crippen LogP contribution in [0.15, 0.2) is 87.7 Å². The average Bonchev–Trinajstić information content (AvgIpc) is 3.42. The molecule has 0 bridgehead atoms. The van der Waals surface area contributed by atoms with Crippen molar-refractivity contribution < 1.29 is 13.6 Å². The molecular formula is C25H21NO3. The summed E-state index contributed by atoms with van der Waals surface area (Å²) in [5.74, 6) is 2.62. The lowest BCUT2D eigenvalue weighted by atomic mass is 9.77. The standard InChI is InChI=1S/C25H21NO3/c1-17-12-14-22(28-17)25(23-15-13-18(2)29-23)20-10-6-7-11-21(20)26(24(25)27)16-19-8-4-3-5-9-19/h3-15H,16H2,1-2H3. The number of carbonyl (C=O) groups is 1. The van der Waals surface area contributed by atoms with E-state index in [9.17, 15) is 4.79 Å². The molecule has 1 amide bonds. The fourth-order valence-electron chi connectivity index (χ4n) is 4.25. The van der Waals surface area contributed by atoms with E-state index in [4.69, 9.17) is 8.83 Å². The first-order chi connectivity index (χ1) is 14.1. The van der Waals surface area contributed by atoms with Crippen LogP contribution in [0.3, 0.4) is 0 Å². The van der Waals surface area contributed by atoms with Gasteiger partial charge in [-0.2, -0.15) is 0 Å². The zero-order chi connectivity index (χ0) is 20.0. The number of aryl methyl sites for hydroxylation is 2. The fourth-order valence-corrected chi connectivity index (χ4v) is 4.25. The smallest absolute Gasteiger partial charge is 0.253 e. The Morgan fingerprint density at radius 3 is 1.93 bits per heavy atom. The van der Waals surface area contributed by atoms with Crippen LogP contribution >= 0.6 is 0 Å². The molecule has 29 heavy (non-hydrogen) atoms. The van der Waals surface area contributed by atoms with Gasteiger partial charge in [0.1, 0.15) is 23.0 Å². The molecule has 0 saturated carbocycles. The Labute approximate surface area is 169 Å². The van der Waals surface area contributed by atoms with Crippen LogP contribution in [0, 0.1) is 13.8 Å². The maximum absolute atomic E-state index is 14.1. The van der Waals surface area contributed by atoms with Gasteiger partial charge in [0.05, 0.1) is 6.54 Å². The van der Waals surface area contributed by atoms with E-state index < -0.39 is 5.41 Å². The number of rotatable bonds is 4. The molecule has 4 aromatic rings. The number of para-hydroxylation sites is 1. The van der Waals surface area contributed by atoms with Gasteiger partial charge in [0.2, 0.25) is 0 Å². The molecule has 0 spiro atoms. The minimum atomic E-state index is -1.13. The molecular weight excluding hydrogens is 362 g/mol. The highest BCUT2D eigenvalue weighted by atomic mass is 16.4. The lowest BCUT2D eigenvalue weighted by Gasteiger charge is -2.25. The molecule has 4 nitrogen and oxygen atoms in total. The number of fused-ring (bicyclic) bond motifs is 1. The molecule has 2 aromatic carbocycles. The Bertz CT molecular complexity index is 1150. The van der Waals surface area contributed by atoms with Crippen molar-refractivity contribution in [3.05, 3.63) is 113 Å². The second-order valence-corrected chi connectivity index (χ2v) is 7.46. The van der Waals surface area contributed by atoms with Crippen LogP contribution in [0.1, 0.15) is 34.2 Å². The Morgan fingerprint density at radius 2 is 1.34 bits per heavy atom. The summed E-state index contributed by atoms with van der Waals surface area (Å²) in [5.41, 5.74) is 1.69. The van der Waals surface area contributed by atoms with Crippen LogP contribution < -0.4 is 4.90 Å². The highest BCUT2D eigenvalue weighted by molar-refractivity contribution is 6.12. The van der Waals surface area contributed by atoms with Crippen LogP contribution in [0.2, 0.25) is 0 Å². The molecule has 144 valence electrons. The summed E-state index contributed by atoms with van der Waals surface area (Å²) in [4.78, 5) is 15.9. The van der Waals surface area contributed by atoms with E-state index in [-0.39, 0.29) is 5.91 Å². The normalized spacial score (nSPS) is 15.0. The fraction of sp³-hybridized carbons (Fsp3) is 0.160. The van der Waals surface area contributed by atoms with Gasteiger partial charge < -0.3 is 13.7 Å². The van der Waals surface area contributed by atoms with Gasteiger partial charge in [-0.3, -0.25) is 4.79 Å². The maximum Gasteiger partial charge on any atom is 0.253 e. The number of hydrogen-bond donors (Lipinski definition) is 0. The van der Waals surface area contributed by atoms with E-state index in [2.05, 4.69) is 0 Å². The Kier molecular flexibility index (Phi) is 3.95. The van der Waals surface area contributed by atoms with Crippen LogP contribution in [-0.2, 0) is 16.8 Å². The molecule has 0 N–H and O–H groups in total. The molecule has 0 aliphatic carbocycles. The van der Waals surface area contributed by atoms with Crippen LogP contribution in [-0.4, -0.2) is 5.91 Å². The quantitative estimate of drug-likeness (QED) is 0.476. The van der Waals surface area contributed by atoms with Gasteiger partial charge in [-0.05, 0) is 49.7 Å². The topological polar surface area (TPSA) is 46.6 Å². The van der Waals surface area contributed by atoms with E-state index in [0.717, 1.165) is 28.3 Å². The monoisotopic (exact) mass is 383 g/mol. The average molecular weight is 383 g/mol. The lowest BCUT2D eigenvalue weighted by Crippen LogP contribution is -2.41. The van der Waals surface area contributed by atoms with Crippen molar-refractivity contribution >= 4 is 11.6 Å². The second-order valence-electron chi connectivity index (χ2n) is 7.46. The third kappa shape index (κ3) is 2.56. The highest BCUT2D eigenvalue weighted by Crippen LogP contribution is 2.51. The van der Waals surface area contributed by atoms with Gasteiger partial charge in [-0.15, -0.1) is 0 Å². The van der Waals surface area contributed by atoms with Gasteiger partial charge in [0, 0.05) is 11.3 Å². The summed E-state index contributed by atoms with van der Waals surface area (Å²) in [6, 6.07) is 25.5. The summed E-state index contributed by atoms with van der Waals surface area (Å²) in [6.07, 6.45) is 0. The van der Waals surface area contributed by atoms with E-state index in [0.29, 0.717) is 18.1 Å². The number of anilines is 1. The Hall–Kier alpha value is -3.53. The van der Waals surface area contributed by atoms with Gasteiger partial charge in [0.25, 0.3) is 5.91 Å². The third-order valence-corrected chi connectivity index (χ3v) is 5.57. The molecule has 0 unspecified atom stereocenters. The molecule has 3 heterocycles. The summed E-state index contributed by atoms with van der Waals surface area (Å²) in [7, 11) is 0. The number of carbonyl (C=O) groups excluding carboxylic acids is 1. The number of hydrogen-bond acceptors (Lipinski definition) is 3. The van der Waals surface area contributed by atoms with Crippen molar-refractivity contribution in [3.8, 4) is 0 Å². The molecule has 0 radical (unpaired) electrons. The summed E-state index contributed by atoms with van der Waals surface area (Å²) in [5, 5.41) is 0. The molecule has 0 saturated heterocycles. The zero-order valence-electron chi connectivity index (χ0n) is 16.4. The van der Waals surface area contributed by atoms with Gasteiger partial charge in [-0.1, -0.05) is 48.5 Å². The number of benzene rings is 2. The van der Waals surface area contributed by atoms with E-state index in [1.165, 1.54) is 0 Å². The first-order valence-electron chi connectivity index (χ1n) is 9.70. The van der Waals surface area contributed by atoms with Crippen molar-refractivity contribution in [2.75, 3.05) is 4.90 Å². The Balaban J connectivity index is 1.76. The van der Waals surface area contributed by atoms with Gasteiger partial charge in [-0.25, -0.2) is 0 Å². The lowest BCUT2D eigenvalue weighted by molar-refractivity contribution is -0.121. The van der Waals surface area contributed by atoms with Gasteiger partial charge >= 0.3 is 0 Å². The van der Waals surface area contributed by atoms with Gasteiger partial charge in [0.15, 0.2) is 5.41 Å². The minimum Gasteiger partial charge on any atom is -0.464 e. The Morgan fingerprint density at radius 1 is 0.759 bits per heavy atom. The molecule has 0 atom stereocenters. The summed E-state index contributed by atoms with van der Waals surface area (Å²) < 4.78 is 12.1. The van der Waals surface area contributed by atoms with Crippen molar-refractivity contribution in [2.24, 2.45) is 0 Å². The van der Waals surface area contributed by atoms with Crippen LogP contribution in [0.5, 0.6) is 0 Å². The molecule has 2 aromatic heterocycles. The highest BCUT2D eigenvalue weighted by Gasteiger charge is 2.57. The zero-order valence-corrected chi connectivity index (χ0v) is 16.4. The molecule has 5 rings (SSSR count). The first kappa shape index (κ1) is 17.6. The second kappa shape index (κ2) is 6.52. The SMILES string of the molecule is Cc1ccc(C2(c3ccc(C)o3)C(=O)N(Cc3ccccc3)c3ccccc32)o1. The number of furan rings is 2.